The second-order valence-corrected chi connectivity index (χ2v) is 8.12. The highest BCUT2D eigenvalue weighted by Crippen LogP contribution is 2.27. The first-order valence-corrected chi connectivity index (χ1v) is 11.2. The molecule has 1 atom stereocenters. The van der Waals surface area contributed by atoms with Gasteiger partial charge in [0.1, 0.15) is 11.8 Å². The van der Waals surface area contributed by atoms with E-state index in [4.69, 9.17) is 14.6 Å². The summed E-state index contributed by atoms with van der Waals surface area (Å²) in [5.41, 5.74) is 4.76. The van der Waals surface area contributed by atoms with Crippen LogP contribution in [0, 0.1) is 0 Å². The lowest BCUT2D eigenvalue weighted by molar-refractivity contribution is -0.192. The third kappa shape index (κ3) is 6.47. The minimum absolute atomic E-state index is 0.103. The maximum absolute atomic E-state index is 12.8. The zero-order chi connectivity index (χ0) is 26.4. The van der Waals surface area contributed by atoms with Crippen LogP contribution >= 0.6 is 0 Å². The van der Waals surface area contributed by atoms with Crippen LogP contribution in [0.2, 0.25) is 0 Å². The van der Waals surface area contributed by atoms with Crippen molar-refractivity contribution in [1.29, 1.82) is 0 Å². The Labute approximate surface area is 209 Å². The molecule has 3 aromatic heterocycles. The molecule has 1 N–H and O–H groups in total. The molecule has 37 heavy (non-hydrogen) atoms. The number of aliphatic carboxylic acids is 1. The van der Waals surface area contributed by atoms with E-state index in [0.717, 1.165) is 27.9 Å². The lowest BCUT2D eigenvalue weighted by Crippen LogP contribution is -2.43. The first-order valence-electron chi connectivity index (χ1n) is 11.2. The Balaban J connectivity index is 0.000000405. The number of ether oxygens (including phenoxy) is 1. The molecule has 1 unspecified atom stereocenters. The van der Waals surface area contributed by atoms with Crippen molar-refractivity contribution in [2.75, 3.05) is 19.7 Å². The summed E-state index contributed by atoms with van der Waals surface area (Å²) in [6.07, 6.45) is 0.502. The zero-order valence-corrected chi connectivity index (χ0v) is 19.4. The minimum Gasteiger partial charge on any atom is -0.475 e. The number of fused-ring (bicyclic) bond motifs is 1. The van der Waals surface area contributed by atoms with Crippen LogP contribution < -0.4 is 0 Å². The molecule has 192 valence electrons. The van der Waals surface area contributed by atoms with Crippen LogP contribution in [0.5, 0.6) is 0 Å². The molecule has 1 aromatic carbocycles. The number of carbonyl (C=O) groups is 2. The number of hydrogen-bond donors (Lipinski definition) is 1. The Kier molecular flexibility index (Phi) is 7.77. The molecule has 1 saturated heterocycles. The van der Waals surface area contributed by atoms with Crippen LogP contribution in [-0.4, -0.2) is 67.6 Å². The number of benzene rings is 1. The van der Waals surface area contributed by atoms with Gasteiger partial charge in [0.15, 0.2) is 0 Å². The largest absolute Gasteiger partial charge is 0.490 e. The number of pyridine rings is 2. The van der Waals surface area contributed by atoms with Gasteiger partial charge < -0.3 is 14.7 Å². The number of amides is 1. The van der Waals surface area contributed by atoms with E-state index in [2.05, 4.69) is 15.3 Å². The molecule has 0 bridgehead atoms. The van der Waals surface area contributed by atoms with Crippen LogP contribution in [0.4, 0.5) is 13.2 Å². The second kappa shape index (κ2) is 11.2. The average molecular weight is 513 g/mol. The molecule has 5 rings (SSSR count). The topological polar surface area (TPSA) is 110 Å². The van der Waals surface area contributed by atoms with Gasteiger partial charge in [-0.2, -0.15) is 13.2 Å². The van der Waals surface area contributed by atoms with E-state index in [9.17, 15) is 18.0 Å². The minimum atomic E-state index is -5.08. The fraction of sp³-hybridized carbons (Fsp3) is 0.240. The number of carbonyl (C=O) groups excluding carboxylic acids is 1. The highest BCUT2D eigenvalue weighted by Gasteiger charge is 2.38. The fourth-order valence-electron chi connectivity index (χ4n) is 3.78. The molecule has 1 aliphatic rings. The summed E-state index contributed by atoms with van der Waals surface area (Å²) in [6, 6.07) is 17.8. The molecule has 0 aliphatic carbocycles. The van der Waals surface area contributed by atoms with E-state index in [1.54, 1.807) is 16.9 Å². The van der Waals surface area contributed by atoms with Gasteiger partial charge in [-0.25, -0.2) is 9.31 Å². The summed E-state index contributed by atoms with van der Waals surface area (Å²) < 4.78 is 39.5. The van der Waals surface area contributed by atoms with Crippen molar-refractivity contribution in [3.63, 3.8) is 0 Å². The molecule has 1 amide bonds. The number of rotatable bonds is 4. The summed E-state index contributed by atoms with van der Waals surface area (Å²) in [4.78, 5) is 27.6. The van der Waals surface area contributed by atoms with Crippen molar-refractivity contribution >= 4 is 17.4 Å². The van der Waals surface area contributed by atoms with E-state index < -0.39 is 12.1 Å². The van der Waals surface area contributed by atoms with Gasteiger partial charge in [0.2, 0.25) is 5.91 Å². The molecule has 1 fully saturated rings. The summed E-state index contributed by atoms with van der Waals surface area (Å²) in [7, 11) is 0. The van der Waals surface area contributed by atoms with E-state index in [0.29, 0.717) is 26.1 Å². The van der Waals surface area contributed by atoms with Crippen LogP contribution in [-0.2, 0) is 20.7 Å². The molecule has 0 spiro atoms. The molecule has 12 heteroatoms. The summed E-state index contributed by atoms with van der Waals surface area (Å²) >= 11 is 0. The Bertz CT molecular complexity index is 1360. The van der Waals surface area contributed by atoms with Gasteiger partial charge in [-0.05, 0) is 29.3 Å². The second-order valence-electron chi connectivity index (χ2n) is 8.12. The Morgan fingerprint density at radius 2 is 1.73 bits per heavy atom. The van der Waals surface area contributed by atoms with E-state index in [-0.39, 0.29) is 12.0 Å². The van der Waals surface area contributed by atoms with Crippen molar-refractivity contribution < 1.29 is 32.6 Å². The Morgan fingerprint density at radius 3 is 2.41 bits per heavy atom. The smallest absolute Gasteiger partial charge is 0.475 e. The highest BCUT2D eigenvalue weighted by atomic mass is 19.4. The lowest BCUT2D eigenvalue weighted by Gasteiger charge is -2.32. The van der Waals surface area contributed by atoms with Crippen molar-refractivity contribution in [3.05, 3.63) is 84.4 Å². The third-order valence-electron chi connectivity index (χ3n) is 5.62. The maximum atomic E-state index is 12.8. The Morgan fingerprint density at radius 1 is 1.03 bits per heavy atom. The maximum Gasteiger partial charge on any atom is 0.490 e. The first kappa shape index (κ1) is 25.8. The standard InChI is InChI=1S/C23H21N5O2.C2HF3O2/c29-22(14-17-4-2-1-3-5-17)27-12-13-30-21(16-27)23-20-7-6-19(15-28(20)26-25-23)18-8-10-24-11-9-18;3-2(4,5)1(6)7/h1-11,15,21H,12-14,16H2;(H,6,7). The van der Waals surface area contributed by atoms with E-state index in [1.807, 2.05) is 65.7 Å². The number of carboxylic acid groups (broad SMARTS) is 1. The summed E-state index contributed by atoms with van der Waals surface area (Å²) in [5, 5.41) is 15.8. The van der Waals surface area contributed by atoms with Gasteiger partial charge in [-0.1, -0.05) is 41.6 Å². The number of aromatic nitrogens is 4. The molecule has 9 nitrogen and oxygen atoms in total. The first-order chi connectivity index (χ1) is 17.7. The number of nitrogens with zero attached hydrogens (tertiary/aromatic N) is 5. The van der Waals surface area contributed by atoms with Crippen molar-refractivity contribution in [3.8, 4) is 11.1 Å². The number of morpholine rings is 1. The quantitative estimate of drug-likeness (QED) is 0.444. The van der Waals surface area contributed by atoms with Crippen LogP contribution in [0.15, 0.2) is 73.2 Å². The van der Waals surface area contributed by atoms with Gasteiger partial charge in [0.25, 0.3) is 0 Å². The highest BCUT2D eigenvalue weighted by molar-refractivity contribution is 5.79. The predicted molar refractivity (Wildman–Crippen MR) is 125 cm³/mol. The van der Waals surface area contributed by atoms with Gasteiger partial charge >= 0.3 is 12.1 Å². The summed E-state index contributed by atoms with van der Waals surface area (Å²) in [6.45, 7) is 1.55. The van der Waals surface area contributed by atoms with Crippen LogP contribution in [0.1, 0.15) is 17.4 Å². The molecule has 4 aromatic rings. The fourth-order valence-corrected chi connectivity index (χ4v) is 3.78. The molecule has 4 heterocycles. The number of halogens is 3. The molecule has 0 radical (unpaired) electrons. The number of carboxylic acids is 1. The third-order valence-corrected chi connectivity index (χ3v) is 5.62. The van der Waals surface area contributed by atoms with Gasteiger partial charge in [0.05, 0.1) is 25.1 Å². The normalized spacial score (nSPS) is 15.6. The van der Waals surface area contributed by atoms with Gasteiger partial charge in [0, 0.05) is 30.7 Å². The van der Waals surface area contributed by atoms with Crippen molar-refractivity contribution in [1.82, 2.24) is 24.7 Å². The predicted octanol–water partition coefficient (Wildman–Crippen LogP) is 3.57. The molecule has 0 saturated carbocycles. The van der Waals surface area contributed by atoms with Crippen molar-refractivity contribution in [2.24, 2.45) is 0 Å². The van der Waals surface area contributed by atoms with E-state index >= 15 is 0 Å². The van der Waals surface area contributed by atoms with Gasteiger partial charge in [-0.15, -0.1) is 5.10 Å². The molecular weight excluding hydrogens is 491 g/mol. The number of hydrogen-bond acceptors (Lipinski definition) is 6. The SMILES string of the molecule is O=C(Cc1ccccc1)N1CCOC(c2nnn3cc(-c4ccncc4)ccc23)C1.O=C(O)C(F)(F)F. The van der Waals surface area contributed by atoms with E-state index in [1.165, 1.54) is 0 Å². The lowest BCUT2D eigenvalue weighted by atomic mass is 10.1. The molecule has 1 aliphatic heterocycles. The van der Waals surface area contributed by atoms with Crippen molar-refractivity contribution in [2.45, 2.75) is 18.7 Å². The van der Waals surface area contributed by atoms with Crippen LogP contribution in [0.3, 0.4) is 0 Å². The number of alkyl halides is 3. The van der Waals surface area contributed by atoms with Crippen LogP contribution in [0.25, 0.3) is 16.6 Å². The monoisotopic (exact) mass is 513 g/mol. The zero-order valence-electron chi connectivity index (χ0n) is 19.4. The average Bonchev–Trinajstić information content (AvgIpc) is 3.33. The Hall–Kier alpha value is -4.32. The summed E-state index contributed by atoms with van der Waals surface area (Å²) in [5.74, 6) is -2.65. The molecular formula is C25H22F3N5O4. The van der Waals surface area contributed by atoms with Gasteiger partial charge in [-0.3, -0.25) is 9.78 Å².